The Morgan fingerprint density at radius 1 is 1.33 bits per heavy atom. The number of ether oxygens (including phenoxy) is 1. The summed E-state index contributed by atoms with van der Waals surface area (Å²) >= 11 is 0. The van der Waals surface area contributed by atoms with Gasteiger partial charge in [0, 0.05) is 32.2 Å². The van der Waals surface area contributed by atoms with Crippen molar-refractivity contribution in [1.82, 2.24) is 10.2 Å². The average molecular weight is 254 g/mol. The first-order chi connectivity index (χ1) is 8.60. The first-order valence-electron chi connectivity index (χ1n) is 7.67. The lowest BCUT2D eigenvalue weighted by atomic mass is 9.85. The normalized spacial score (nSPS) is 29.0. The number of nitrogens with one attached hydrogen (secondary N) is 1. The van der Waals surface area contributed by atoms with Crippen LogP contribution in [0.4, 0.5) is 0 Å². The lowest BCUT2D eigenvalue weighted by Crippen LogP contribution is -2.49. The molecule has 2 aliphatic rings. The molecule has 0 bridgehead atoms. The molecule has 0 aromatic heterocycles. The molecule has 1 heterocycles. The summed E-state index contributed by atoms with van der Waals surface area (Å²) in [7, 11) is 0. The fourth-order valence-electron chi connectivity index (χ4n) is 3.44. The second-order valence-electron chi connectivity index (χ2n) is 6.66. The van der Waals surface area contributed by atoms with E-state index in [9.17, 15) is 0 Å². The molecule has 3 heteroatoms. The van der Waals surface area contributed by atoms with Crippen LogP contribution in [0.25, 0.3) is 0 Å². The SMILES string of the molecule is CC(C)NCC1(CN2CCOC(C)C2)CCCC1. The molecule has 1 aliphatic heterocycles. The van der Waals surface area contributed by atoms with E-state index < -0.39 is 0 Å². The first-order valence-corrected chi connectivity index (χ1v) is 7.67. The van der Waals surface area contributed by atoms with E-state index >= 15 is 0 Å². The van der Waals surface area contributed by atoms with Crippen LogP contribution in [-0.2, 0) is 4.74 Å². The second kappa shape index (κ2) is 6.36. The third-order valence-electron chi connectivity index (χ3n) is 4.43. The number of hydrogen-bond acceptors (Lipinski definition) is 3. The van der Waals surface area contributed by atoms with Gasteiger partial charge in [-0.15, -0.1) is 0 Å². The Morgan fingerprint density at radius 2 is 2.06 bits per heavy atom. The van der Waals surface area contributed by atoms with Crippen LogP contribution >= 0.6 is 0 Å². The zero-order chi connectivity index (χ0) is 13.0. The molecule has 1 saturated carbocycles. The molecule has 1 N–H and O–H groups in total. The molecule has 3 nitrogen and oxygen atoms in total. The van der Waals surface area contributed by atoms with Crippen LogP contribution in [-0.4, -0.2) is 49.8 Å². The van der Waals surface area contributed by atoms with Crippen molar-refractivity contribution in [3.8, 4) is 0 Å². The average Bonchev–Trinajstić information content (AvgIpc) is 2.76. The van der Waals surface area contributed by atoms with Gasteiger partial charge in [0.1, 0.15) is 0 Å². The molecular weight excluding hydrogens is 224 g/mol. The molecule has 0 aromatic carbocycles. The fourth-order valence-corrected chi connectivity index (χ4v) is 3.44. The Morgan fingerprint density at radius 3 is 2.67 bits per heavy atom. The smallest absolute Gasteiger partial charge is 0.0674 e. The maximum absolute atomic E-state index is 5.65. The van der Waals surface area contributed by atoms with Crippen LogP contribution < -0.4 is 5.32 Å². The van der Waals surface area contributed by atoms with E-state index in [1.54, 1.807) is 0 Å². The molecule has 0 spiro atoms. The molecule has 18 heavy (non-hydrogen) atoms. The summed E-state index contributed by atoms with van der Waals surface area (Å²) < 4.78 is 5.65. The standard InChI is InChI=1S/C15H30N2O/c1-13(2)16-11-15(6-4-5-7-15)12-17-8-9-18-14(3)10-17/h13-14,16H,4-12H2,1-3H3. The highest BCUT2D eigenvalue weighted by Crippen LogP contribution is 2.38. The van der Waals surface area contributed by atoms with Crippen LogP contribution in [0.5, 0.6) is 0 Å². The van der Waals surface area contributed by atoms with E-state index in [1.807, 2.05) is 0 Å². The summed E-state index contributed by atoms with van der Waals surface area (Å²) in [4.78, 5) is 2.63. The summed E-state index contributed by atoms with van der Waals surface area (Å²) in [6.45, 7) is 12.3. The summed E-state index contributed by atoms with van der Waals surface area (Å²) in [6.07, 6.45) is 6.05. The third-order valence-corrected chi connectivity index (χ3v) is 4.43. The van der Waals surface area contributed by atoms with Gasteiger partial charge in [-0.05, 0) is 25.2 Å². The van der Waals surface area contributed by atoms with Gasteiger partial charge >= 0.3 is 0 Å². The van der Waals surface area contributed by atoms with Crippen molar-refractivity contribution in [2.75, 3.05) is 32.8 Å². The molecule has 106 valence electrons. The number of rotatable bonds is 5. The van der Waals surface area contributed by atoms with Gasteiger partial charge in [-0.1, -0.05) is 26.7 Å². The van der Waals surface area contributed by atoms with Gasteiger partial charge < -0.3 is 10.1 Å². The van der Waals surface area contributed by atoms with Crippen molar-refractivity contribution >= 4 is 0 Å². The van der Waals surface area contributed by atoms with Gasteiger partial charge in [0.25, 0.3) is 0 Å². The van der Waals surface area contributed by atoms with Gasteiger partial charge in [0.05, 0.1) is 12.7 Å². The van der Waals surface area contributed by atoms with E-state index in [2.05, 4.69) is 31.0 Å². The fraction of sp³-hybridized carbons (Fsp3) is 1.00. The van der Waals surface area contributed by atoms with Crippen molar-refractivity contribution in [1.29, 1.82) is 0 Å². The summed E-state index contributed by atoms with van der Waals surface area (Å²) in [5.41, 5.74) is 0.529. The molecule has 0 aromatic rings. The Bertz CT molecular complexity index is 249. The van der Waals surface area contributed by atoms with Crippen molar-refractivity contribution in [3.05, 3.63) is 0 Å². The zero-order valence-corrected chi connectivity index (χ0v) is 12.4. The quantitative estimate of drug-likeness (QED) is 0.814. The Kier molecular flexibility index (Phi) is 5.05. The molecule has 1 saturated heterocycles. The maximum atomic E-state index is 5.65. The van der Waals surface area contributed by atoms with Crippen molar-refractivity contribution in [2.24, 2.45) is 5.41 Å². The van der Waals surface area contributed by atoms with E-state index in [1.165, 1.54) is 38.8 Å². The van der Waals surface area contributed by atoms with E-state index in [-0.39, 0.29) is 0 Å². The van der Waals surface area contributed by atoms with Crippen LogP contribution in [0.2, 0.25) is 0 Å². The van der Waals surface area contributed by atoms with Gasteiger partial charge in [-0.3, -0.25) is 4.90 Å². The summed E-state index contributed by atoms with van der Waals surface area (Å²) in [6, 6.07) is 0.603. The predicted molar refractivity (Wildman–Crippen MR) is 75.9 cm³/mol. The first kappa shape index (κ1) is 14.3. The zero-order valence-electron chi connectivity index (χ0n) is 12.4. The summed E-state index contributed by atoms with van der Waals surface area (Å²) in [5, 5.41) is 3.67. The molecule has 1 unspecified atom stereocenters. The second-order valence-corrected chi connectivity index (χ2v) is 6.66. The van der Waals surface area contributed by atoms with Crippen molar-refractivity contribution in [2.45, 2.75) is 58.6 Å². The Hall–Kier alpha value is -0.120. The number of morpholine rings is 1. The topological polar surface area (TPSA) is 24.5 Å². The molecule has 1 aliphatic carbocycles. The number of hydrogen-bond donors (Lipinski definition) is 1. The minimum absolute atomic E-state index is 0.412. The van der Waals surface area contributed by atoms with E-state index in [0.717, 1.165) is 19.7 Å². The van der Waals surface area contributed by atoms with Crippen LogP contribution in [0.1, 0.15) is 46.5 Å². The van der Waals surface area contributed by atoms with Gasteiger partial charge in [-0.25, -0.2) is 0 Å². The monoisotopic (exact) mass is 254 g/mol. The third kappa shape index (κ3) is 3.94. The highest BCUT2D eigenvalue weighted by molar-refractivity contribution is 4.90. The molecule has 2 rings (SSSR count). The largest absolute Gasteiger partial charge is 0.376 e. The Balaban J connectivity index is 1.88. The summed E-state index contributed by atoms with van der Waals surface area (Å²) in [5.74, 6) is 0. The lowest BCUT2D eigenvalue weighted by molar-refractivity contribution is -0.0320. The highest BCUT2D eigenvalue weighted by Gasteiger charge is 2.36. The molecule has 1 atom stereocenters. The van der Waals surface area contributed by atoms with Crippen LogP contribution in [0.3, 0.4) is 0 Å². The van der Waals surface area contributed by atoms with E-state index in [0.29, 0.717) is 17.6 Å². The van der Waals surface area contributed by atoms with Crippen molar-refractivity contribution < 1.29 is 4.74 Å². The minimum atomic E-state index is 0.412. The minimum Gasteiger partial charge on any atom is -0.376 e. The maximum Gasteiger partial charge on any atom is 0.0674 e. The van der Waals surface area contributed by atoms with E-state index in [4.69, 9.17) is 4.74 Å². The van der Waals surface area contributed by atoms with Crippen LogP contribution in [0.15, 0.2) is 0 Å². The highest BCUT2D eigenvalue weighted by atomic mass is 16.5. The Labute approximate surface area is 112 Å². The lowest BCUT2D eigenvalue weighted by Gasteiger charge is -2.39. The molecule has 0 amide bonds. The van der Waals surface area contributed by atoms with Gasteiger partial charge in [0.15, 0.2) is 0 Å². The van der Waals surface area contributed by atoms with Gasteiger partial charge in [0.2, 0.25) is 0 Å². The molecular formula is C15H30N2O. The van der Waals surface area contributed by atoms with Crippen molar-refractivity contribution in [3.63, 3.8) is 0 Å². The van der Waals surface area contributed by atoms with Crippen LogP contribution in [0, 0.1) is 5.41 Å². The van der Waals surface area contributed by atoms with Gasteiger partial charge in [-0.2, -0.15) is 0 Å². The molecule has 2 fully saturated rings. The predicted octanol–water partition coefficient (Wildman–Crippen LogP) is 2.27. The molecule has 0 radical (unpaired) electrons. The number of nitrogens with zero attached hydrogens (tertiary/aromatic N) is 1.